The van der Waals surface area contributed by atoms with E-state index in [9.17, 15) is 0 Å². The Balaban J connectivity index is 1.83. The highest BCUT2D eigenvalue weighted by atomic mass is 16.5. The van der Waals surface area contributed by atoms with Crippen LogP contribution in [0.1, 0.15) is 45.4 Å². The number of nitrogens with one attached hydrogen (secondary N) is 1. The zero-order valence-electron chi connectivity index (χ0n) is 11.3. The van der Waals surface area contributed by atoms with Gasteiger partial charge in [0.05, 0.1) is 6.61 Å². The Morgan fingerprint density at radius 1 is 1.18 bits per heavy atom. The summed E-state index contributed by atoms with van der Waals surface area (Å²) in [6.45, 7) is 8.68. The van der Waals surface area contributed by atoms with Crippen LogP contribution < -0.4 is 5.32 Å². The van der Waals surface area contributed by atoms with Crippen LogP contribution in [-0.2, 0) is 4.74 Å². The minimum absolute atomic E-state index is 0.464. The minimum atomic E-state index is 0.464. The van der Waals surface area contributed by atoms with E-state index in [1.165, 1.54) is 45.2 Å². The van der Waals surface area contributed by atoms with Gasteiger partial charge in [0.25, 0.3) is 0 Å². The Kier molecular flexibility index (Phi) is 5.26. The topological polar surface area (TPSA) is 24.5 Å². The fourth-order valence-corrected chi connectivity index (χ4v) is 3.36. The van der Waals surface area contributed by atoms with Crippen molar-refractivity contribution in [2.24, 2.45) is 0 Å². The summed E-state index contributed by atoms with van der Waals surface area (Å²) in [4.78, 5) is 2.71. The van der Waals surface area contributed by atoms with Crippen LogP contribution in [0, 0.1) is 0 Å². The largest absolute Gasteiger partial charge is 0.380 e. The highest BCUT2D eigenvalue weighted by Gasteiger charge is 2.39. The first-order valence-electron chi connectivity index (χ1n) is 7.41. The molecule has 0 unspecified atom stereocenters. The molecule has 1 saturated carbocycles. The van der Waals surface area contributed by atoms with Gasteiger partial charge in [-0.05, 0) is 19.3 Å². The van der Waals surface area contributed by atoms with Crippen LogP contribution in [0.2, 0.25) is 0 Å². The average Bonchev–Trinajstić information content (AvgIpc) is 2.38. The van der Waals surface area contributed by atoms with Gasteiger partial charge in [0.15, 0.2) is 0 Å². The summed E-state index contributed by atoms with van der Waals surface area (Å²) in [6.07, 6.45) is 8.15. The molecule has 17 heavy (non-hydrogen) atoms. The lowest BCUT2D eigenvalue weighted by molar-refractivity contribution is 0.00243. The van der Waals surface area contributed by atoms with Gasteiger partial charge < -0.3 is 10.1 Å². The molecule has 2 aliphatic rings. The Hall–Kier alpha value is -0.120. The van der Waals surface area contributed by atoms with Gasteiger partial charge in [0.1, 0.15) is 0 Å². The summed E-state index contributed by atoms with van der Waals surface area (Å²) in [5, 5.41) is 3.59. The van der Waals surface area contributed by atoms with Gasteiger partial charge in [-0.2, -0.15) is 0 Å². The molecule has 1 aliphatic carbocycles. The molecule has 3 heteroatoms. The SMILES string of the molecule is CCCOCCN1CCNCC12CCCCC2. The summed E-state index contributed by atoms with van der Waals surface area (Å²) in [5.41, 5.74) is 0.464. The van der Waals surface area contributed by atoms with E-state index in [1.54, 1.807) is 0 Å². The molecular weight excluding hydrogens is 212 g/mol. The maximum Gasteiger partial charge on any atom is 0.0593 e. The van der Waals surface area contributed by atoms with Gasteiger partial charge in [0, 0.05) is 38.3 Å². The van der Waals surface area contributed by atoms with Gasteiger partial charge in [-0.3, -0.25) is 4.90 Å². The van der Waals surface area contributed by atoms with E-state index in [-0.39, 0.29) is 0 Å². The van der Waals surface area contributed by atoms with E-state index < -0.39 is 0 Å². The lowest BCUT2D eigenvalue weighted by Gasteiger charge is -2.50. The number of hydrogen-bond donors (Lipinski definition) is 1. The number of piperazine rings is 1. The molecule has 2 rings (SSSR count). The van der Waals surface area contributed by atoms with E-state index in [1.807, 2.05) is 0 Å². The van der Waals surface area contributed by atoms with E-state index in [2.05, 4.69) is 17.1 Å². The van der Waals surface area contributed by atoms with Crippen LogP contribution in [0.3, 0.4) is 0 Å². The molecular formula is C14H28N2O. The lowest BCUT2D eigenvalue weighted by Crippen LogP contribution is -2.62. The van der Waals surface area contributed by atoms with Crippen molar-refractivity contribution in [3.8, 4) is 0 Å². The molecule has 1 heterocycles. The smallest absolute Gasteiger partial charge is 0.0593 e. The number of ether oxygens (including phenoxy) is 1. The summed E-state index contributed by atoms with van der Waals surface area (Å²) >= 11 is 0. The molecule has 1 aliphatic heterocycles. The van der Waals surface area contributed by atoms with E-state index in [4.69, 9.17) is 4.74 Å². The molecule has 1 saturated heterocycles. The Labute approximate surface area is 106 Å². The van der Waals surface area contributed by atoms with Crippen LogP contribution in [0.15, 0.2) is 0 Å². The van der Waals surface area contributed by atoms with Gasteiger partial charge in [-0.1, -0.05) is 26.2 Å². The highest BCUT2D eigenvalue weighted by Crippen LogP contribution is 2.34. The Bertz CT molecular complexity index is 206. The first-order chi connectivity index (χ1) is 8.37. The van der Waals surface area contributed by atoms with E-state index in [0.717, 1.165) is 32.7 Å². The van der Waals surface area contributed by atoms with Gasteiger partial charge in [0.2, 0.25) is 0 Å². The monoisotopic (exact) mass is 240 g/mol. The van der Waals surface area contributed by atoms with Crippen LogP contribution in [0.5, 0.6) is 0 Å². The molecule has 0 aromatic heterocycles. The fourth-order valence-electron chi connectivity index (χ4n) is 3.36. The zero-order chi connectivity index (χ0) is 12.0. The molecule has 0 atom stereocenters. The van der Waals surface area contributed by atoms with Crippen molar-refractivity contribution in [2.75, 3.05) is 39.4 Å². The fraction of sp³-hybridized carbons (Fsp3) is 1.00. The molecule has 0 radical (unpaired) electrons. The van der Waals surface area contributed by atoms with Crippen LogP contribution >= 0.6 is 0 Å². The molecule has 0 aromatic carbocycles. The third-order valence-corrected chi connectivity index (χ3v) is 4.32. The van der Waals surface area contributed by atoms with E-state index >= 15 is 0 Å². The normalized spacial score (nSPS) is 25.2. The number of rotatable bonds is 5. The molecule has 1 spiro atoms. The first-order valence-corrected chi connectivity index (χ1v) is 7.41. The van der Waals surface area contributed by atoms with Crippen molar-refractivity contribution in [3.63, 3.8) is 0 Å². The quantitative estimate of drug-likeness (QED) is 0.744. The standard InChI is InChI=1S/C14H28N2O/c1-2-11-17-12-10-16-9-8-15-13-14(16)6-4-3-5-7-14/h15H,2-13H2,1H3. The maximum atomic E-state index is 5.66. The molecule has 0 bridgehead atoms. The summed E-state index contributed by atoms with van der Waals surface area (Å²) in [5.74, 6) is 0. The minimum Gasteiger partial charge on any atom is -0.380 e. The van der Waals surface area contributed by atoms with Crippen molar-refractivity contribution < 1.29 is 4.74 Å². The summed E-state index contributed by atoms with van der Waals surface area (Å²) in [7, 11) is 0. The second-order valence-electron chi connectivity index (χ2n) is 5.56. The summed E-state index contributed by atoms with van der Waals surface area (Å²) in [6, 6.07) is 0. The predicted octanol–water partition coefficient (Wildman–Crippen LogP) is 2.02. The number of hydrogen-bond acceptors (Lipinski definition) is 3. The van der Waals surface area contributed by atoms with E-state index in [0.29, 0.717) is 5.54 Å². The van der Waals surface area contributed by atoms with Gasteiger partial charge in [-0.25, -0.2) is 0 Å². The Morgan fingerprint density at radius 3 is 2.76 bits per heavy atom. The van der Waals surface area contributed by atoms with Crippen molar-refractivity contribution in [2.45, 2.75) is 51.0 Å². The van der Waals surface area contributed by atoms with Crippen molar-refractivity contribution >= 4 is 0 Å². The van der Waals surface area contributed by atoms with Crippen molar-refractivity contribution in [1.29, 1.82) is 0 Å². The lowest BCUT2D eigenvalue weighted by atomic mass is 9.79. The van der Waals surface area contributed by atoms with Crippen LogP contribution in [-0.4, -0.2) is 49.8 Å². The molecule has 0 aromatic rings. The third-order valence-electron chi connectivity index (χ3n) is 4.32. The van der Waals surface area contributed by atoms with Crippen LogP contribution in [0.4, 0.5) is 0 Å². The van der Waals surface area contributed by atoms with Crippen molar-refractivity contribution in [1.82, 2.24) is 10.2 Å². The molecule has 3 nitrogen and oxygen atoms in total. The molecule has 2 fully saturated rings. The third kappa shape index (κ3) is 3.43. The maximum absolute atomic E-state index is 5.66. The second-order valence-corrected chi connectivity index (χ2v) is 5.56. The molecule has 1 N–H and O–H groups in total. The second kappa shape index (κ2) is 6.72. The summed E-state index contributed by atoms with van der Waals surface area (Å²) < 4.78 is 5.66. The number of nitrogens with zero attached hydrogens (tertiary/aromatic N) is 1. The first kappa shape index (κ1) is 13.3. The Morgan fingerprint density at radius 2 is 2.00 bits per heavy atom. The van der Waals surface area contributed by atoms with Crippen LogP contribution in [0.25, 0.3) is 0 Å². The predicted molar refractivity (Wildman–Crippen MR) is 71.4 cm³/mol. The molecule has 0 amide bonds. The zero-order valence-corrected chi connectivity index (χ0v) is 11.3. The van der Waals surface area contributed by atoms with Crippen molar-refractivity contribution in [3.05, 3.63) is 0 Å². The van der Waals surface area contributed by atoms with Gasteiger partial charge >= 0.3 is 0 Å². The average molecular weight is 240 g/mol. The molecule has 100 valence electrons. The highest BCUT2D eigenvalue weighted by molar-refractivity contribution is 4.97. The van der Waals surface area contributed by atoms with Gasteiger partial charge in [-0.15, -0.1) is 0 Å².